The van der Waals surface area contributed by atoms with Crippen molar-refractivity contribution >= 4 is 15.9 Å². The molecule has 0 unspecified atom stereocenters. The highest BCUT2D eigenvalue weighted by Gasteiger charge is 2.20. The molecule has 2 aromatic rings. The predicted octanol–water partition coefficient (Wildman–Crippen LogP) is 0.555. The van der Waals surface area contributed by atoms with Crippen molar-refractivity contribution in [3.63, 3.8) is 0 Å². The minimum absolute atomic E-state index is 0.127. The van der Waals surface area contributed by atoms with Gasteiger partial charge in [0.15, 0.2) is 0 Å². The first-order chi connectivity index (χ1) is 10.9. The normalized spacial score (nSPS) is 11.4. The SMILES string of the molecule is CS(=O)(=O)N(CC(=O)NCc1cccnc1)Cc1ccncc1. The lowest BCUT2D eigenvalue weighted by atomic mass is 10.2. The van der Waals surface area contributed by atoms with E-state index in [1.54, 1.807) is 43.0 Å². The second-order valence-corrected chi connectivity index (χ2v) is 7.01. The van der Waals surface area contributed by atoms with E-state index in [9.17, 15) is 13.2 Å². The third-order valence-electron chi connectivity index (χ3n) is 3.11. The fourth-order valence-electron chi connectivity index (χ4n) is 1.90. The van der Waals surface area contributed by atoms with Crippen molar-refractivity contribution in [1.29, 1.82) is 0 Å². The van der Waals surface area contributed by atoms with Gasteiger partial charge in [-0.2, -0.15) is 4.31 Å². The number of sulfonamides is 1. The average Bonchev–Trinajstić information content (AvgIpc) is 2.53. The van der Waals surface area contributed by atoms with Gasteiger partial charge < -0.3 is 5.32 Å². The highest BCUT2D eigenvalue weighted by molar-refractivity contribution is 7.88. The maximum atomic E-state index is 12.0. The number of rotatable bonds is 7. The van der Waals surface area contributed by atoms with E-state index >= 15 is 0 Å². The molecule has 8 heteroatoms. The van der Waals surface area contributed by atoms with E-state index in [1.807, 2.05) is 6.07 Å². The third-order valence-corrected chi connectivity index (χ3v) is 4.31. The lowest BCUT2D eigenvalue weighted by molar-refractivity contribution is -0.121. The fourth-order valence-corrected chi connectivity index (χ4v) is 2.64. The van der Waals surface area contributed by atoms with Gasteiger partial charge in [-0.15, -0.1) is 0 Å². The van der Waals surface area contributed by atoms with Gasteiger partial charge in [0.2, 0.25) is 15.9 Å². The van der Waals surface area contributed by atoms with Crippen LogP contribution in [0.4, 0.5) is 0 Å². The molecule has 0 aromatic carbocycles. The van der Waals surface area contributed by atoms with Gasteiger partial charge in [-0.25, -0.2) is 8.42 Å². The Morgan fingerprint density at radius 1 is 1.13 bits per heavy atom. The van der Waals surface area contributed by atoms with Crippen LogP contribution in [0, 0.1) is 0 Å². The Labute approximate surface area is 135 Å². The number of amides is 1. The van der Waals surface area contributed by atoms with E-state index in [4.69, 9.17) is 0 Å². The number of carbonyl (C=O) groups excluding carboxylic acids is 1. The molecule has 0 spiro atoms. The molecule has 0 aliphatic rings. The van der Waals surface area contributed by atoms with Crippen molar-refractivity contribution in [3.8, 4) is 0 Å². The summed E-state index contributed by atoms with van der Waals surface area (Å²) in [7, 11) is -3.50. The van der Waals surface area contributed by atoms with Crippen molar-refractivity contribution in [2.24, 2.45) is 0 Å². The monoisotopic (exact) mass is 334 g/mol. The van der Waals surface area contributed by atoms with Crippen LogP contribution in [0.3, 0.4) is 0 Å². The fraction of sp³-hybridized carbons (Fsp3) is 0.267. The minimum Gasteiger partial charge on any atom is -0.351 e. The van der Waals surface area contributed by atoms with Crippen LogP contribution in [-0.2, 0) is 27.9 Å². The molecule has 0 atom stereocenters. The van der Waals surface area contributed by atoms with Crippen molar-refractivity contribution < 1.29 is 13.2 Å². The molecule has 2 heterocycles. The molecule has 7 nitrogen and oxygen atoms in total. The standard InChI is InChI=1S/C15H18N4O3S/c1-23(21,22)19(11-13-4-7-16-8-5-13)12-15(20)18-10-14-3-2-6-17-9-14/h2-9H,10-12H2,1H3,(H,18,20). The van der Waals surface area contributed by atoms with E-state index < -0.39 is 10.0 Å². The summed E-state index contributed by atoms with van der Waals surface area (Å²) in [5.74, 6) is -0.367. The van der Waals surface area contributed by atoms with Crippen LogP contribution < -0.4 is 5.32 Å². The lowest BCUT2D eigenvalue weighted by Gasteiger charge is -2.19. The molecule has 0 saturated carbocycles. The first-order valence-electron chi connectivity index (χ1n) is 6.95. The van der Waals surface area contributed by atoms with Crippen molar-refractivity contribution in [2.45, 2.75) is 13.1 Å². The van der Waals surface area contributed by atoms with Crippen LogP contribution in [0.2, 0.25) is 0 Å². The van der Waals surface area contributed by atoms with E-state index in [0.717, 1.165) is 21.7 Å². The van der Waals surface area contributed by atoms with E-state index in [0.29, 0.717) is 6.54 Å². The van der Waals surface area contributed by atoms with Gasteiger partial charge >= 0.3 is 0 Å². The van der Waals surface area contributed by atoms with Gasteiger partial charge in [-0.1, -0.05) is 6.07 Å². The van der Waals surface area contributed by atoms with Crippen LogP contribution in [0.1, 0.15) is 11.1 Å². The number of hydrogen-bond acceptors (Lipinski definition) is 5. The van der Waals surface area contributed by atoms with Crippen LogP contribution >= 0.6 is 0 Å². The largest absolute Gasteiger partial charge is 0.351 e. The van der Waals surface area contributed by atoms with Crippen LogP contribution in [0.15, 0.2) is 49.1 Å². The molecule has 1 amide bonds. The first kappa shape index (κ1) is 17.0. The van der Waals surface area contributed by atoms with Crippen molar-refractivity contribution in [1.82, 2.24) is 19.6 Å². The van der Waals surface area contributed by atoms with E-state index in [2.05, 4.69) is 15.3 Å². The maximum absolute atomic E-state index is 12.0. The number of carbonyl (C=O) groups is 1. The Morgan fingerprint density at radius 3 is 2.48 bits per heavy atom. The molecule has 122 valence electrons. The van der Waals surface area contributed by atoms with Crippen LogP contribution in [-0.4, -0.2) is 41.4 Å². The summed E-state index contributed by atoms with van der Waals surface area (Å²) < 4.78 is 24.9. The molecular weight excluding hydrogens is 316 g/mol. The first-order valence-corrected chi connectivity index (χ1v) is 8.79. The van der Waals surface area contributed by atoms with Gasteiger partial charge in [0.25, 0.3) is 0 Å². The van der Waals surface area contributed by atoms with E-state index in [1.165, 1.54) is 0 Å². The number of aromatic nitrogens is 2. The number of nitrogens with one attached hydrogen (secondary N) is 1. The lowest BCUT2D eigenvalue weighted by Crippen LogP contribution is -2.39. The Bertz CT molecular complexity index is 736. The number of hydrogen-bond donors (Lipinski definition) is 1. The van der Waals surface area contributed by atoms with Gasteiger partial charge in [-0.05, 0) is 29.3 Å². The molecule has 2 aromatic heterocycles. The summed E-state index contributed by atoms with van der Waals surface area (Å²) in [6.07, 6.45) is 7.54. The Kier molecular flexibility index (Phi) is 5.78. The highest BCUT2D eigenvalue weighted by atomic mass is 32.2. The summed E-state index contributed by atoms with van der Waals surface area (Å²) in [5, 5.41) is 2.69. The highest BCUT2D eigenvalue weighted by Crippen LogP contribution is 2.07. The second-order valence-electron chi connectivity index (χ2n) is 5.02. The van der Waals surface area contributed by atoms with Crippen molar-refractivity contribution in [2.75, 3.05) is 12.8 Å². The van der Waals surface area contributed by atoms with Crippen LogP contribution in [0.5, 0.6) is 0 Å². The molecule has 0 radical (unpaired) electrons. The zero-order valence-electron chi connectivity index (χ0n) is 12.7. The molecule has 0 bridgehead atoms. The third kappa shape index (κ3) is 5.76. The molecule has 0 fully saturated rings. The Morgan fingerprint density at radius 2 is 1.87 bits per heavy atom. The summed E-state index contributed by atoms with van der Waals surface area (Å²) >= 11 is 0. The number of nitrogens with zero attached hydrogens (tertiary/aromatic N) is 3. The quantitative estimate of drug-likeness (QED) is 0.798. The topological polar surface area (TPSA) is 92.3 Å². The van der Waals surface area contributed by atoms with Crippen LogP contribution in [0.25, 0.3) is 0 Å². The molecule has 2 rings (SSSR count). The summed E-state index contributed by atoms with van der Waals surface area (Å²) in [6.45, 7) is 0.197. The molecule has 0 aliphatic carbocycles. The van der Waals surface area contributed by atoms with Gasteiger partial charge in [-0.3, -0.25) is 14.8 Å². The maximum Gasteiger partial charge on any atom is 0.235 e. The zero-order valence-corrected chi connectivity index (χ0v) is 13.5. The summed E-state index contributed by atoms with van der Waals surface area (Å²) in [5.41, 5.74) is 1.62. The van der Waals surface area contributed by atoms with Gasteiger partial charge in [0, 0.05) is 37.9 Å². The van der Waals surface area contributed by atoms with Crippen molar-refractivity contribution in [3.05, 3.63) is 60.2 Å². The Balaban J connectivity index is 1.96. The second kappa shape index (κ2) is 7.80. The molecule has 0 saturated heterocycles. The summed E-state index contributed by atoms with van der Waals surface area (Å²) in [4.78, 5) is 19.9. The summed E-state index contributed by atoms with van der Waals surface area (Å²) in [6, 6.07) is 7.03. The van der Waals surface area contributed by atoms with E-state index in [-0.39, 0.29) is 19.0 Å². The Hall–Kier alpha value is -2.32. The van der Waals surface area contributed by atoms with Gasteiger partial charge in [0.05, 0.1) is 12.8 Å². The zero-order chi connectivity index (χ0) is 16.7. The molecular formula is C15H18N4O3S. The number of pyridine rings is 2. The minimum atomic E-state index is -3.50. The smallest absolute Gasteiger partial charge is 0.235 e. The molecule has 23 heavy (non-hydrogen) atoms. The van der Waals surface area contributed by atoms with Gasteiger partial charge in [0.1, 0.15) is 0 Å². The molecule has 0 aliphatic heterocycles. The predicted molar refractivity (Wildman–Crippen MR) is 85.6 cm³/mol. The average molecular weight is 334 g/mol. The molecule has 1 N–H and O–H groups in total.